The molecule has 0 saturated heterocycles. The number of hydrogen-bond donors (Lipinski definition) is 3. The number of carbonyl (C=O) groups is 3. The predicted octanol–water partition coefficient (Wildman–Crippen LogP) is 1.48. The Morgan fingerprint density at radius 1 is 1.07 bits per heavy atom. The highest BCUT2D eigenvalue weighted by molar-refractivity contribution is 7.81. The first kappa shape index (κ1) is 25.4. The van der Waals surface area contributed by atoms with E-state index in [0.29, 0.717) is 19.1 Å². The highest BCUT2D eigenvalue weighted by atomic mass is 32.3. The van der Waals surface area contributed by atoms with E-state index in [4.69, 9.17) is 4.55 Å². The van der Waals surface area contributed by atoms with Gasteiger partial charge in [-0.15, -0.1) is 0 Å². The third kappa shape index (κ3) is 14.1. The largest absolute Gasteiger partial charge is 0.449 e. The predicted molar refractivity (Wildman–Crippen MR) is 95.7 cm³/mol. The van der Waals surface area contributed by atoms with Crippen LogP contribution in [-0.4, -0.2) is 47.0 Å². The maximum absolute atomic E-state index is 12.0. The minimum atomic E-state index is -4.78. The molecule has 0 fully saturated rings. The van der Waals surface area contributed by atoms with Crippen molar-refractivity contribution in [2.75, 3.05) is 0 Å². The first-order valence-electron chi connectivity index (χ1n) is 8.76. The summed E-state index contributed by atoms with van der Waals surface area (Å²) in [5, 5.41) is 19.0. The summed E-state index contributed by atoms with van der Waals surface area (Å²) in [5.41, 5.74) is 0. The van der Waals surface area contributed by atoms with Crippen LogP contribution in [0.4, 0.5) is 0 Å². The number of Topliss-reactive ketones (excluding diaryl/α,β-unsaturated/α-hetero) is 1. The fourth-order valence-electron chi connectivity index (χ4n) is 2.51. The van der Waals surface area contributed by atoms with Crippen LogP contribution < -0.4 is 0 Å². The molecular weight excluding hydrogens is 380 g/mol. The number of ketones is 1. The molecule has 0 saturated carbocycles. The maximum atomic E-state index is 12.0. The lowest BCUT2D eigenvalue weighted by atomic mass is 9.89. The van der Waals surface area contributed by atoms with Gasteiger partial charge in [0.05, 0.1) is 5.92 Å². The molecule has 3 N–H and O–H groups in total. The summed E-state index contributed by atoms with van der Waals surface area (Å²) in [6.45, 7) is 1.09. The molecule has 0 heterocycles. The van der Waals surface area contributed by atoms with Crippen molar-refractivity contribution >= 4 is 28.4 Å². The summed E-state index contributed by atoms with van der Waals surface area (Å²) in [5.74, 6) is -4.79. The second kappa shape index (κ2) is 12.7. The molecule has 0 aromatic heterocycles. The molecule has 0 amide bonds. The Bertz CT molecular complexity index is 602. The first-order chi connectivity index (χ1) is 12.5. The Morgan fingerprint density at radius 2 is 1.63 bits per heavy atom. The zero-order chi connectivity index (χ0) is 20.9. The lowest BCUT2D eigenvalue weighted by molar-refractivity contribution is -0.190. The highest BCUT2D eigenvalue weighted by Crippen LogP contribution is 2.21. The summed E-state index contributed by atoms with van der Waals surface area (Å²) in [7, 11) is -4.78. The summed E-state index contributed by atoms with van der Waals surface area (Å²) < 4.78 is 32.6. The van der Waals surface area contributed by atoms with Crippen LogP contribution in [0, 0.1) is 5.92 Å². The van der Waals surface area contributed by atoms with Crippen molar-refractivity contribution in [3.8, 4) is 0 Å². The average Bonchev–Trinajstić information content (AvgIpc) is 2.51. The molecule has 0 spiro atoms. The van der Waals surface area contributed by atoms with Crippen LogP contribution in [-0.2, 0) is 29.0 Å². The molecule has 0 aromatic carbocycles. The summed E-state index contributed by atoms with van der Waals surface area (Å²) in [4.78, 5) is 33.4. The van der Waals surface area contributed by atoms with Gasteiger partial charge in [0.15, 0.2) is 5.79 Å². The van der Waals surface area contributed by atoms with Gasteiger partial charge < -0.3 is 19.2 Å². The molecule has 156 valence electrons. The van der Waals surface area contributed by atoms with Crippen LogP contribution in [0.2, 0.25) is 0 Å². The molecule has 0 aliphatic carbocycles. The Kier molecular flexibility index (Phi) is 11.9. The second-order valence-corrected chi connectivity index (χ2v) is 7.43. The van der Waals surface area contributed by atoms with E-state index in [1.54, 1.807) is 0 Å². The van der Waals surface area contributed by atoms with Crippen molar-refractivity contribution in [2.45, 2.75) is 70.5 Å². The Labute approximate surface area is 159 Å². The minimum Gasteiger partial charge on any atom is -0.365 e. The maximum Gasteiger partial charge on any atom is 0.449 e. The molecule has 1 unspecified atom stereocenters. The molecule has 27 heavy (non-hydrogen) atoms. The summed E-state index contributed by atoms with van der Waals surface area (Å²) in [6, 6.07) is 0. The van der Waals surface area contributed by atoms with Crippen LogP contribution in [0.5, 0.6) is 0 Å². The van der Waals surface area contributed by atoms with Crippen LogP contribution in [0.3, 0.4) is 0 Å². The molecule has 0 rings (SSSR count). The summed E-state index contributed by atoms with van der Waals surface area (Å²) in [6.07, 6.45) is 8.28. The van der Waals surface area contributed by atoms with Crippen molar-refractivity contribution < 1.29 is 41.8 Å². The number of carbonyl (C=O) groups excluding carboxylic acids is 3. The van der Waals surface area contributed by atoms with E-state index in [2.05, 4.69) is 4.18 Å². The van der Waals surface area contributed by atoms with Gasteiger partial charge in [-0.3, -0.25) is 9.35 Å². The van der Waals surface area contributed by atoms with Gasteiger partial charge in [0.2, 0.25) is 0 Å². The number of aldehydes is 1. The molecule has 9 nitrogen and oxygen atoms in total. The Balaban J connectivity index is 3.79. The minimum absolute atomic E-state index is 0.188. The van der Waals surface area contributed by atoms with E-state index in [9.17, 15) is 33.0 Å². The highest BCUT2D eigenvalue weighted by Gasteiger charge is 2.34. The van der Waals surface area contributed by atoms with Gasteiger partial charge in [-0.1, -0.05) is 31.8 Å². The van der Waals surface area contributed by atoms with Crippen molar-refractivity contribution in [3.63, 3.8) is 0 Å². The van der Waals surface area contributed by atoms with Gasteiger partial charge in [-0.05, 0) is 26.2 Å². The standard InChI is InChI=1S/C17H28O9S/c1-17(21,22)14(12-13-18)15(19)10-8-6-4-2-3-5-7-9-11-16(20)26-27(23,24)25/h9,11,13-14,21-22H,2-8,10,12H2,1H3,(H,23,24,25). The first-order valence-corrected chi connectivity index (χ1v) is 10.1. The summed E-state index contributed by atoms with van der Waals surface area (Å²) >= 11 is 0. The number of hydrogen-bond acceptors (Lipinski definition) is 8. The lowest BCUT2D eigenvalue weighted by Crippen LogP contribution is -2.39. The van der Waals surface area contributed by atoms with Crippen LogP contribution in [0.1, 0.15) is 64.7 Å². The number of unbranched alkanes of at least 4 members (excludes halogenated alkanes) is 6. The van der Waals surface area contributed by atoms with Gasteiger partial charge >= 0.3 is 16.4 Å². The monoisotopic (exact) mass is 408 g/mol. The van der Waals surface area contributed by atoms with Gasteiger partial charge in [-0.25, -0.2) is 4.79 Å². The van der Waals surface area contributed by atoms with Gasteiger partial charge in [-0.2, -0.15) is 8.42 Å². The van der Waals surface area contributed by atoms with E-state index < -0.39 is 28.1 Å². The Hall–Kier alpha value is -1.62. The second-order valence-electron chi connectivity index (χ2n) is 6.41. The molecule has 0 aliphatic rings. The van der Waals surface area contributed by atoms with Crippen molar-refractivity contribution in [1.82, 2.24) is 0 Å². The molecule has 0 aliphatic heterocycles. The lowest BCUT2D eigenvalue weighted by Gasteiger charge is -2.25. The molecular formula is C17H28O9S. The third-order valence-corrected chi connectivity index (χ3v) is 4.24. The number of allylic oxidation sites excluding steroid dienone is 1. The molecule has 10 heteroatoms. The molecule has 0 bridgehead atoms. The topological polar surface area (TPSA) is 155 Å². The average molecular weight is 408 g/mol. The fourth-order valence-corrected chi connectivity index (χ4v) is 2.77. The molecule has 0 radical (unpaired) electrons. The SMILES string of the molecule is CC(O)(O)C(CC=O)C(=O)CCCCCCCCC=CC(=O)OS(=O)(=O)O. The van der Waals surface area contributed by atoms with Crippen LogP contribution in [0.25, 0.3) is 0 Å². The van der Waals surface area contributed by atoms with E-state index in [0.717, 1.165) is 45.1 Å². The van der Waals surface area contributed by atoms with Gasteiger partial charge in [0.25, 0.3) is 0 Å². The van der Waals surface area contributed by atoms with Crippen LogP contribution in [0.15, 0.2) is 12.2 Å². The zero-order valence-electron chi connectivity index (χ0n) is 15.4. The van der Waals surface area contributed by atoms with E-state index >= 15 is 0 Å². The number of rotatable bonds is 15. The normalized spacial score (nSPS) is 13.5. The smallest absolute Gasteiger partial charge is 0.365 e. The molecule has 0 aromatic rings. The van der Waals surface area contributed by atoms with Crippen LogP contribution >= 0.6 is 0 Å². The quantitative estimate of drug-likeness (QED) is 0.120. The van der Waals surface area contributed by atoms with E-state index in [1.807, 2.05) is 0 Å². The zero-order valence-corrected chi connectivity index (χ0v) is 16.2. The van der Waals surface area contributed by atoms with E-state index in [1.165, 1.54) is 6.08 Å². The molecule has 1 atom stereocenters. The van der Waals surface area contributed by atoms with Gasteiger partial charge in [0.1, 0.15) is 12.1 Å². The third-order valence-electron chi connectivity index (χ3n) is 3.87. The number of aliphatic hydroxyl groups is 2. The van der Waals surface area contributed by atoms with Gasteiger partial charge in [0, 0.05) is 18.9 Å². The van der Waals surface area contributed by atoms with E-state index in [-0.39, 0.29) is 18.6 Å². The van der Waals surface area contributed by atoms with Crippen molar-refractivity contribution in [1.29, 1.82) is 0 Å². The van der Waals surface area contributed by atoms with Crippen molar-refractivity contribution in [3.05, 3.63) is 12.2 Å². The van der Waals surface area contributed by atoms with Crippen molar-refractivity contribution in [2.24, 2.45) is 5.92 Å². The fraction of sp³-hybridized carbons (Fsp3) is 0.706. The Morgan fingerprint density at radius 3 is 2.15 bits per heavy atom.